The van der Waals surface area contributed by atoms with Crippen molar-refractivity contribution in [2.75, 3.05) is 5.75 Å². The maximum atomic E-state index is 10.6. The highest BCUT2D eigenvalue weighted by Crippen LogP contribution is 2.23. The van der Waals surface area contributed by atoms with E-state index in [4.69, 9.17) is 10.2 Å². The van der Waals surface area contributed by atoms with E-state index in [9.17, 15) is 19.7 Å². The second-order valence-corrected chi connectivity index (χ2v) is 8.27. The highest BCUT2D eigenvalue weighted by molar-refractivity contribution is 7.99. The molecule has 1 aromatic rings. The minimum atomic E-state index is -0.918. The number of rotatable bonds is 10. The average molecular weight is 400 g/mol. The van der Waals surface area contributed by atoms with Gasteiger partial charge in [0.25, 0.3) is 5.69 Å². The van der Waals surface area contributed by atoms with Gasteiger partial charge in [-0.1, -0.05) is 51.8 Å². The van der Waals surface area contributed by atoms with Gasteiger partial charge in [0.15, 0.2) is 0 Å². The Balaban J connectivity index is 0.000000516. The second-order valence-electron chi connectivity index (χ2n) is 7.29. The minimum absolute atomic E-state index is 0.0374. The van der Waals surface area contributed by atoms with Crippen LogP contribution < -0.4 is 0 Å². The van der Waals surface area contributed by atoms with E-state index in [1.807, 2.05) is 0 Å². The third-order valence-corrected chi connectivity index (χ3v) is 4.46. The number of para-hydroxylation sites is 1. The molecule has 1 rings (SSSR count). The van der Waals surface area contributed by atoms with Gasteiger partial charge in [-0.15, -0.1) is 11.8 Å². The molecule has 0 saturated carbocycles. The number of carboxylic acids is 2. The van der Waals surface area contributed by atoms with Gasteiger partial charge < -0.3 is 10.2 Å². The summed E-state index contributed by atoms with van der Waals surface area (Å²) >= 11 is 1.14. The zero-order chi connectivity index (χ0) is 20.9. The summed E-state index contributed by atoms with van der Waals surface area (Å²) < 4.78 is 0. The molecule has 0 amide bonds. The summed E-state index contributed by atoms with van der Waals surface area (Å²) in [6.07, 6.45) is 4.53. The molecule has 0 aromatic heterocycles. The van der Waals surface area contributed by atoms with E-state index < -0.39 is 16.9 Å². The number of thioether (sulfide) groups is 1. The number of nitro groups is 1. The Morgan fingerprint density at radius 1 is 1.07 bits per heavy atom. The Morgan fingerprint density at radius 3 is 2.22 bits per heavy atom. The van der Waals surface area contributed by atoms with Crippen molar-refractivity contribution in [3.63, 3.8) is 0 Å². The first-order valence-electron chi connectivity index (χ1n) is 8.76. The van der Waals surface area contributed by atoms with Crippen molar-refractivity contribution in [1.29, 1.82) is 0 Å². The Bertz CT molecular complexity index is 612. The topological polar surface area (TPSA) is 118 Å². The normalized spacial score (nSPS) is 10.6. The van der Waals surface area contributed by atoms with Gasteiger partial charge in [0, 0.05) is 23.8 Å². The molecule has 27 heavy (non-hydrogen) atoms. The van der Waals surface area contributed by atoms with Gasteiger partial charge in [-0.05, 0) is 18.3 Å². The van der Waals surface area contributed by atoms with Crippen molar-refractivity contribution in [3.8, 4) is 0 Å². The molecular formula is C19H29NO6S. The SMILES string of the molecule is CC(C)(C)CCCCCC(=O)O.O=C(O)CSCc1ccccc1[N+](=O)[O-]. The van der Waals surface area contributed by atoms with Gasteiger partial charge in [-0.25, -0.2) is 0 Å². The van der Waals surface area contributed by atoms with Crippen LogP contribution in [0.25, 0.3) is 0 Å². The van der Waals surface area contributed by atoms with Crippen molar-refractivity contribution < 1.29 is 24.7 Å². The smallest absolute Gasteiger partial charge is 0.313 e. The number of benzene rings is 1. The van der Waals surface area contributed by atoms with Crippen LogP contribution in [0, 0.1) is 15.5 Å². The third kappa shape index (κ3) is 14.7. The zero-order valence-corrected chi connectivity index (χ0v) is 17.0. The molecule has 0 saturated heterocycles. The van der Waals surface area contributed by atoms with E-state index in [1.165, 1.54) is 12.5 Å². The predicted octanol–water partition coefficient (Wildman–Crippen LogP) is 4.98. The fraction of sp³-hybridized carbons (Fsp3) is 0.579. The van der Waals surface area contributed by atoms with Crippen molar-refractivity contribution >= 4 is 29.4 Å². The quantitative estimate of drug-likeness (QED) is 0.323. The van der Waals surface area contributed by atoms with Crippen LogP contribution in [0.15, 0.2) is 24.3 Å². The van der Waals surface area contributed by atoms with Gasteiger partial charge in [0.1, 0.15) is 0 Å². The number of hydrogen-bond acceptors (Lipinski definition) is 5. The Labute approximate surface area is 164 Å². The van der Waals surface area contributed by atoms with E-state index >= 15 is 0 Å². The number of nitro benzene ring substituents is 1. The number of hydrogen-bond donors (Lipinski definition) is 2. The van der Waals surface area contributed by atoms with Crippen molar-refractivity contribution in [2.24, 2.45) is 5.41 Å². The molecule has 7 nitrogen and oxygen atoms in total. The van der Waals surface area contributed by atoms with Crippen molar-refractivity contribution in [3.05, 3.63) is 39.9 Å². The molecule has 0 spiro atoms. The van der Waals surface area contributed by atoms with Crippen LogP contribution in [0.1, 0.15) is 58.4 Å². The number of nitrogens with zero attached hydrogens (tertiary/aromatic N) is 1. The standard InChI is InChI=1S/C10H20O2.C9H9NO4S/c1-10(2,3)8-6-4-5-7-9(11)12;11-9(12)6-15-5-7-3-1-2-4-8(7)10(13)14/h4-8H2,1-3H3,(H,11,12);1-4H,5-6H2,(H,11,12). The molecular weight excluding hydrogens is 370 g/mol. The van der Waals surface area contributed by atoms with E-state index in [1.54, 1.807) is 18.2 Å². The lowest BCUT2D eigenvalue weighted by Crippen LogP contribution is -2.04. The Kier molecular flexibility index (Phi) is 12.1. The van der Waals surface area contributed by atoms with Crippen LogP contribution in [-0.4, -0.2) is 32.8 Å². The maximum absolute atomic E-state index is 10.6. The first-order valence-corrected chi connectivity index (χ1v) is 9.92. The summed E-state index contributed by atoms with van der Waals surface area (Å²) in [5.74, 6) is -1.31. The number of carboxylic acid groups (broad SMARTS) is 2. The Morgan fingerprint density at radius 2 is 1.70 bits per heavy atom. The summed E-state index contributed by atoms with van der Waals surface area (Å²) in [6, 6.07) is 6.33. The molecule has 0 heterocycles. The van der Waals surface area contributed by atoms with Crippen LogP contribution in [0.2, 0.25) is 0 Å². The van der Waals surface area contributed by atoms with Gasteiger partial charge in [-0.3, -0.25) is 19.7 Å². The largest absolute Gasteiger partial charge is 0.481 e. The summed E-state index contributed by atoms with van der Waals surface area (Å²) in [6.45, 7) is 6.64. The fourth-order valence-electron chi connectivity index (χ4n) is 2.17. The maximum Gasteiger partial charge on any atom is 0.313 e. The lowest BCUT2D eigenvalue weighted by molar-refractivity contribution is -0.385. The average Bonchev–Trinajstić information content (AvgIpc) is 2.53. The van der Waals surface area contributed by atoms with Crippen LogP contribution in [0.4, 0.5) is 5.69 Å². The zero-order valence-electron chi connectivity index (χ0n) is 16.1. The molecule has 0 radical (unpaired) electrons. The summed E-state index contributed by atoms with van der Waals surface area (Å²) in [4.78, 5) is 30.6. The summed E-state index contributed by atoms with van der Waals surface area (Å²) in [7, 11) is 0. The van der Waals surface area contributed by atoms with Crippen LogP contribution in [0.3, 0.4) is 0 Å². The van der Waals surface area contributed by atoms with Crippen molar-refractivity contribution in [1.82, 2.24) is 0 Å². The predicted molar refractivity (Wildman–Crippen MR) is 107 cm³/mol. The highest BCUT2D eigenvalue weighted by atomic mass is 32.2. The number of unbranched alkanes of at least 4 members (excludes halogenated alkanes) is 2. The number of aliphatic carboxylic acids is 2. The van der Waals surface area contributed by atoms with Crippen LogP contribution >= 0.6 is 11.8 Å². The monoisotopic (exact) mass is 399 g/mol. The van der Waals surface area contributed by atoms with Crippen molar-refractivity contribution in [2.45, 2.75) is 58.6 Å². The molecule has 1 aromatic carbocycles. The van der Waals surface area contributed by atoms with E-state index in [0.717, 1.165) is 31.0 Å². The first-order chi connectivity index (χ1) is 12.5. The van der Waals surface area contributed by atoms with E-state index in [0.29, 0.717) is 23.2 Å². The molecule has 152 valence electrons. The van der Waals surface area contributed by atoms with E-state index in [-0.39, 0.29) is 11.4 Å². The molecule has 8 heteroatoms. The summed E-state index contributed by atoms with van der Waals surface area (Å²) in [5, 5.41) is 27.4. The molecule has 0 aliphatic rings. The molecule has 0 aliphatic heterocycles. The molecule has 0 atom stereocenters. The third-order valence-electron chi connectivity index (χ3n) is 3.49. The van der Waals surface area contributed by atoms with Gasteiger partial charge in [0.05, 0.1) is 10.7 Å². The lowest BCUT2D eigenvalue weighted by Gasteiger charge is -2.17. The molecule has 2 N–H and O–H groups in total. The molecule has 0 bridgehead atoms. The van der Waals surface area contributed by atoms with Gasteiger partial charge in [0.2, 0.25) is 0 Å². The van der Waals surface area contributed by atoms with Crippen LogP contribution in [0.5, 0.6) is 0 Å². The molecule has 0 aliphatic carbocycles. The van der Waals surface area contributed by atoms with Crippen LogP contribution in [-0.2, 0) is 15.3 Å². The minimum Gasteiger partial charge on any atom is -0.481 e. The van der Waals surface area contributed by atoms with E-state index in [2.05, 4.69) is 20.8 Å². The van der Waals surface area contributed by atoms with Gasteiger partial charge >= 0.3 is 11.9 Å². The number of carbonyl (C=O) groups is 2. The second kappa shape index (κ2) is 13.1. The summed E-state index contributed by atoms with van der Waals surface area (Å²) in [5.41, 5.74) is 0.979. The molecule has 0 unspecified atom stereocenters. The Hall–Kier alpha value is -2.09. The highest BCUT2D eigenvalue weighted by Gasteiger charge is 2.12. The molecule has 0 fully saturated rings. The van der Waals surface area contributed by atoms with Gasteiger partial charge in [-0.2, -0.15) is 0 Å². The first kappa shape index (κ1) is 24.9. The lowest BCUT2D eigenvalue weighted by atomic mass is 9.89. The fourth-order valence-corrected chi connectivity index (χ4v) is 2.91.